The van der Waals surface area contributed by atoms with Gasteiger partial charge in [0.1, 0.15) is 5.75 Å². The van der Waals surface area contributed by atoms with Crippen LogP contribution < -0.4 is 4.74 Å². The third-order valence-electron chi connectivity index (χ3n) is 5.12. The lowest BCUT2D eigenvalue weighted by atomic mass is 10.0. The molecule has 0 radical (unpaired) electrons. The molecule has 4 rings (SSSR count). The largest absolute Gasteiger partial charge is 0.495 e. The van der Waals surface area contributed by atoms with E-state index in [9.17, 15) is 0 Å². The van der Waals surface area contributed by atoms with E-state index in [1.807, 2.05) is 17.8 Å². The van der Waals surface area contributed by atoms with Crippen molar-refractivity contribution in [3.05, 3.63) is 48.0 Å². The van der Waals surface area contributed by atoms with Crippen LogP contribution in [-0.4, -0.2) is 36.6 Å². The number of likely N-dealkylation sites (N-methyl/N-ethyl adjacent to an activating group) is 1. The SMILES string of the molecule is CCN(CC)CC1Sc2ccccc2-c2[nH]c3c(OC)cccc3c21. The Morgan fingerprint density at radius 3 is 2.64 bits per heavy atom. The predicted octanol–water partition coefficient (Wildman–Crippen LogP) is 5.33. The van der Waals surface area contributed by atoms with Crippen LogP contribution in [0.2, 0.25) is 0 Å². The highest BCUT2D eigenvalue weighted by atomic mass is 32.2. The van der Waals surface area contributed by atoms with Gasteiger partial charge in [-0.2, -0.15) is 0 Å². The van der Waals surface area contributed by atoms with Crippen LogP contribution in [0.25, 0.3) is 22.2 Å². The molecule has 1 aromatic heterocycles. The molecule has 0 saturated carbocycles. The molecule has 1 unspecified atom stereocenters. The van der Waals surface area contributed by atoms with Gasteiger partial charge in [-0.15, -0.1) is 11.8 Å². The number of methoxy groups -OCH3 is 1. The summed E-state index contributed by atoms with van der Waals surface area (Å²) in [6.07, 6.45) is 0. The lowest BCUT2D eigenvalue weighted by molar-refractivity contribution is 0.306. The Bertz CT molecular complexity index is 898. The van der Waals surface area contributed by atoms with Gasteiger partial charge in [-0.05, 0) is 25.2 Å². The molecule has 1 aliphatic rings. The highest BCUT2D eigenvalue weighted by Gasteiger charge is 2.30. The molecule has 0 bridgehead atoms. The standard InChI is InChI=1S/C21H24N2OS/c1-4-23(5-2)13-18-19-15-10-8-11-16(24-3)20(15)22-21(19)14-9-6-7-12-17(14)25-18/h6-12,18,22H,4-5,13H2,1-3H3. The number of fused-ring (bicyclic) bond motifs is 5. The summed E-state index contributed by atoms with van der Waals surface area (Å²) in [7, 11) is 1.74. The number of nitrogens with one attached hydrogen (secondary N) is 1. The zero-order valence-electron chi connectivity index (χ0n) is 15.0. The number of rotatable bonds is 5. The van der Waals surface area contributed by atoms with Crippen LogP contribution in [0.3, 0.4) is 0 Å². The van der Waals surface area contributed by atoms with E-state index < -0.39 is 0 Å². The molecule has 1 atom stereocenters. The minimum atomic E-state index is 0.422. The van der Waals surface area contributed by atoms with Gasteiger partial charge in [0, 0.05) is 33.2 Å². The first-order valence-corrected chi connectivity index (χ1v) is 9.81. The Kier molecular flexibility index (Phi) is 4.48. The summed E-state index contributed by atoms with van der Waals surface area (Å²) in [5.41, 5.74) is 5.09. The highest BCUT2D eigenvalue weighted by Crippen LogP contribution is 2.52. The van der Waals surface area contributed by atoms with Gasteiger partial charge in [-0.25, -0.2) is 0 Å². The van der Waals surface area contributed by atoms with Crippen LogP contribution in [0.1, 0.15) is 24.7 Å². The number of ether oxygens (including phenoxy) is 1. The van der Waals surface area contributed by atoms with Gasteiger partial charge >= 0.3 is 0 Å². The van der Waals surface area contributed by atoms with Crippen molar-refractivity contribution in [3.63, 3.8) is 0 Å². The second kappa shape index (κ2) is 6.77. The summed E-state index contributed by atoms with van der Waals surface area (Å²) in [5, 5.41) is 1.71. The molecule has 1 N–H and O–H groups in total. The number of aromatic nitrogens is 1. The third kappa shape index (κ3) is 2.74. The fraction of sp³-hybridized carbons (Fsp3) is 0.333. The molecule has 3 nitrogen and oxygen atoms in total. The fourth-order valence-electron chi connectivity index (χ4n) is 3.76. The van der Waals surface area contributed by atoms with Crippen LogP contribution in [0.4, 0.5) is 0 Å². The molecule has 0 saturated heterocycles. The van der Waals surface area contributed by atoms with Crippen LogP contribution in [0.15, 0.2) is 47.4 Å². The van der Waals surface area contributed by atoms with E-state index in [4.69, 9.17) is 4.74 Å². The van der Waals surface area contributed by atoms with Gasteiger partial charge in [0.05, 0.1) is 18.3 Å². The van der Waals surface area contributed by atoms with E-state index >= 15 is 0 Å². The molecule has 1 aliphatic heterocycles. The lowest BCUT2D eigenvalue weighted by Gasteiger charge is -2.29. The number of benzene rings is 2. The number of para-hydroxylation sites is 1. The summed E-state index contributed by atoms with van der Waals surface area (Å²) in [6, 6.07) is 15.1. The topological polar surface area (TPSA) is 28.3 Å². The van der Waals surface area contributed by atoms with Gasteiger partial charge in [0.25, 0.3) is 0 Å². The van der Waals surface area contributed by atoms with Crippen molar-refractivity contribution in [1.82, 2.24) is 9.88 Å². The molecule has 2 heterocycles. The minimum absolute atomic E-state index is 0.422. The average molecular weight is 353 g/mol. The average Bonchev–Trinajstić information content (AvgIpc) is 3.06. The zero-order valence-corrected chi connectivity index (χ0v) is 15.8. The number of nitrogens with zero attached hydrogens (tertiary/aromatic N) is 1. The Hall–Kier alpha value is -1.91. The first-order chi connectivity index (χ1) is 12.3. The van der Waals surface area contributed by atoms with Crippen molar-refractivity contribution in [2.24, 2.45) is 0 Å². The van der Waals surface area contributed by atoms with E-state index in [1.165, 1.54) is 27.1 Å². The molecule has 0 fully saturated rings. The molecule has 0 amide bonds. The maximum atomic E-state index is 5.60. The van der Waals surface area contributed by atoms with E-state index in [1.54, 1.807) is 7.11 Å². The first-order valence-electron chi connectivity index (χ1n) is 8.93. The molecule has 0 aliphatic carbocycles. The number of thioether (sulfide) groups is 1. The smallest absolute Gasteiger partial charge is 0.142 e. The van der Waals surface area contributed by atoms with Crippen molar-refractivity contribution in [3.8, 4) is 17.0 Å². The molecule has 0 spiro atoms. The summed E-state index contributed by atoms with van der Waals surface area (Å²) < 4.78 is 5.60. The predicted molar refractivity (Wildman–Crippen MR) is 107 cm³/mol. The Labute approximate surface area is 153 Å². The molecular formula is C21H24N2OS. The van der Waals surface area contributed by atoms with Gasteiger partial charge in [0.15, 0.2) is 0 Å². The number of hydrogen-bond acceptors (Lipinski definition) is 3. The summed E-state index contributed by atoms with van der Waals surface area (Å²) in [6.45, 7) is 7.70. The fourth-order valence-corrected chi connectivity index (χ4v) is 5.17. The van der Waals surface area contributed by atoms with Gasteiger partial charge in [0.2, 0.25) is 0 Å². The normalized spacial score (nSPS) is 16.1. The lowest BCUT2D eigenvalue weighted by Crippen LogP contribution is -2.28. The van der Waals surface area contributed by atoms with E-state index in [-0.39, 0.29) is 0 Å². The maximum absolute atomic E-state index is 5.60. The summed E-state index contributed by atoms with van der Waals surface area (Å²) in [4.78, 5) is 7.54. The molecule has 4 heteroatoms. The highest BCUT2D eigenvalue weighted by molar-refractivity contribution is 7.99. The maximum Gasteiger partial charge on any atom is 0.142 e. The summed E-state index contributed by atoms with van der Waals surface area (Å²) in [5.74, 6) is 0.913. The van der Waals surface area contributed by atoms with Gasteiger partial charge in [-0.3, -0.25) is 0 Å². The Morgan fingerprint density at radius 2 is 1.88 bits per heavy atom. The Balaban J connectivity index is 1.93. The van der Waals surface area contributed by atoms with Crippen molar-refractivity contribution >= 4 is 22.7 Å². The van der Waals surface area contributed by atoms with E-state index in [0.29, 0.717) is 5.25 Å². The quantitative estimate of drug-likeness (QED) is 0.672. The number of hydrogen-bond donors (Lipinski definition) is 1. The third-order valence-corrected chi connectivity index (χ3v) is 6.40. The van der Waals surface area contributed by atoms with Crippen LogP contribution >= 0.6 is 11.8 Å². The van der Waals surface area contributed by atoms with Crippen molar-refractivity contribution in [2.75, 3.05) is 26.7 Å². The Morgan fingerprint density at radius 1 is 1.08 bits per heavy atom. The van der Waals surface area contributed by atoms with Gasteiger partial charge < -0.3 is 14.6 Å². The number of aromatic amines is 1. The van der Waals surface area contributed by atoms with Crippen molar-refractivity contribution in [1.29, 1.82) is 0 Å². The van der Waals surface area contributed by atoms with Gasteiger partial charge in [-0.1, -0.05) is 44.2 Å². The molecule has 130 valence electrons. The molecule has 25 heavy (non-hydrogen) atoms. The minimum Gasteiger partial charge on any atom is -0.495 e. The number of H-pyrrole nitrogens is 1. The second-order valence-corrected chi connectivity index (χ2v) is 7.63. The van der Waals surface area contributed by atoms with Crippen LogP contribution in [-0.2, 0) is 0 Å². The summed E-state index contributed by atoms with van der Waals surface area (Å²) >= 11 is 1.99. The van der Waals surface area contributed by atoms with E-state index in [2.05, 4.69) is 60.1 Å². The van der Waals surface area contributed by atoms with E-state index in [0.717, 1.165) is 30.9 Å². The van der Waals surface area contributed by atoms with Crippen LogP contribution in [0.5, 0.6) is 5.75 Å². The monoisotopic (exact) mass is 352 g/mol. The molecule has 3 aromatic rings. The zero-order chi connectivity index (χ0) is 17.4. The second-order valence-electron chi connectivity index (χ2n) is 6.39. The first kappa shape index (κ1) is 16.6. The van der Waals surface area contributed by atoms with Crippen LogP contribution in [0, 0.1) is 0 Å². The molecule has 2 aromatic carbocycles. The van der Waals surface area contributed by atoms with Crippen molar-refractivity contribution < 1.29 is 4.74 Å². The van der Waals surface area contributed by atoms with Crippen molar-refractivity contribution in [2.45, 2.75) is 24.0 Å². The molecular weight excluding hydrogens is 328 g/mol.